The van der Waals surface area contributed by atoms with Crippen LogP contribution in [-0.2, 0) is 0 Å². The molecule has 2 rings (SSSR count). The van der Waals surface area contributed by atoms with E-state index in [-0.39, 0.29) is 11.7 Å². The molecule has 2 aromatic rings. The molecule has 0 unspecified atom stereocenters. The van der Waals surface area contributed by atoms with E-state index in [1.165, 1.54) is 0 Å². The van der Waals surface area contributed by atoms with E-state index in [4.69, 9.17) is 0 Å². The molecule has 0 aliphatic heterocycles. The van der Waals surface area contributed by atoms with E-state index < -0.39 is 0 Å². The van der Waals surface area contributed by atoms with Crippen LogP contribution in [0.15, 0.2) is 48.8 Å². The minimum absolute atomic E-state index is 0.0410. The molecule has 0 atom stereocenters. The lowest BCUT2D eigenvalue weighted by Gasteiger charge is -2.05. The summed E-state index contributed by atoms with van der Waals surface area (Å²) < 4.78 is 0. The molecule has 0 N–H and O–H groups in total. The van der Waals surface area contributed by atoms with Crippen molar-refractivity contribution in [1.29, 1.82) is 0 Å². The van der Waals surface area contributed by atoms with E-state index in [0.29, 0.717) is 0 Å². The third kappa shape index (κ3) is 2.59. The normalized spacial score (nSPS) is 10.5. The second-order valence-corrected chi connectivity index (χ2v) is 4.34. The molecule has 0 spiro atoms. The quantitative estimate of drug-likeness (QED) is 0.747. The van der Waals surface area contributed by atoms with Gasteiger partial charge in [0, 0.05) is 23.9 Å². The molecule has 1 heterocycles. The standard InChI is InChI=1S/C15H15NO/c1-11(2)15(17)13-7-5-12(6-8-13)14-4-3-9-16-10-14/h3-11H,1-2H3. The van der Waals surface area contributed by atoms with E-state index in [1.54, 1.807) is 6.20 Å². The van der Waals surface area contributed by atoms with Gasteiger partial charge in [0.05, 0.1) is 0 Å². The number of nitrogens with zero attached hydrogens (tertiary/aromatic N) is 1. The van der Waals surface area contributed by atoms with E-state index in [1.807, 2.05) is 56.4 Å². The first-order valence-electron chi connectivity index (χ1n) is 5.73. The fraction of sp³-hybridized carbons (Fsp3) is 0.200. The van der Waals surface area contributed by atoms with Gasteiger partial charge >= 0.3 is 0 Å². The van der Waals surface area contributed by atoms with Crippen molar-refractivity contribution in [1.82, 2.24) is 4.98 Å². The predicted octanol–water partition coefficient (Wildman–Crippen LogP) is 3.59. The van der Waals surface area contributed by atoms with Gasteiger partial charge in [-0.2, -0.15) is 0 Å². The van der Waals surface area contributed by atoms with Gasteiger partial charge in [-0.1, -0.05) is 44.2 Å². The Hall–Kier alpha value is -1.96. The molecule has 86 valence electrons. The molecule has 2 heteroatoms. The zero-order chi connectivity index (χ0) is 12.3. The Kier molecular flexibility index (Phi) is 3.33. The van der Waals surface area contributed by atoms with E-state index in [2.05, 4.69) is 4.98 Å². The van der Waals surface area contributed by atoms with E-state index in [0.717, 1.165) is 16.7 Å². The number of hydrogen-bond acceptors (Lipinski definition) is 2. The van der Waals surface area contributed by atoms with Crippen molar-refractivity contribution in [3.63, 3.8) is 0 Å². The van der Waals surface area contributed by atoms with Crippen LogP contribution in [0, 0.1) is 5.92 Å². The van der Waals surface area contributed by atoms with Crippen molar-refractivity contribution in [3.05, 3.63) is 54.4 Å². The van der Waals surface area contributed by atoms with Crippen molar-refractivity contribution in [2.75, 3.05) is 0 Å². The highest BCUT2D eigenvalue weighted by Crippen LogP contribution is 2.19. The fourth-order valence-corrected chi connectivity index (χ4v) is 1.69. The van der Waals surface area contributed by atoms with Crippen LogP contribution in [0.1, 0.15) is 24.2 Å². The van der Waals surface area contributed by atoms with Gasteiger partial charge in [0.15, 0.2) is 5.78 Å². The average molecular weight is 225 g/mol. The Balaban J connectivity index is 2.28. The van der Waals surface area contributed by atoms with Crippen molar-refractivity contribution < 1.29 is 4.79 Å². The Morgan fingerprint density at radius 2 is 1.76 bits per heavy atom. The number of pyridine rings is 1. The molecule has 1 aromatic heterocycles. The first kappa shape index (κ1) is 11.5. The first-order valence-corrected chi connectivity index (χ1v) is 5.73. The topological polar surface area (TPSA) is 30.0 Å². The van der Waals surface area contributed by atoms with Crippen LogP contribution in [0.3, 0.4) is 0 Å². The molecule has 0 aliphatic rings. The second-order valence-electron chi connectivity index (χ2n) is 4.34. The zero-order valence-electron chi connectivity index (χ0n) is 10.1. The molecule has 0 radical (unpaired) electrons. The van der Waals surface area contributed by atoms with Crippen molar-refractivity contribution in [2.45, 2.75) is 13.8 Å². The molecule has 0 aliphatic carbocycles. The summed E-state index contributed by atoms with van der Waals surface area (Å²) >= 11 is 0. The number of carbonyl (C=O) groups excluding carboxylic acids is 1. The summed E-state index contributed by atoms with van der Waals surface area (Å²) in [6, 6.07) is 11.6. The minimum Gasteiger partial charge on any atom is -0.294 e. The molecule has 17 heavy (non-hydrogen) atoms. The SMILES string of the molecule is CC(C)C(=O)c1ccc(-c2cccnc2)cc1. The van der Waals surface area contributed by atoms with Crippen LogP contribution >= 0.6 is 0 Å². The van der Waals surface area contributed by atoms with Crippen LogP contribution in [-0.4, -0.2) is 10.8 Å². The molecule has 0 bridgehead atoms. The maximum atomic E-state index is 11.8. The van der Waals surface area contributed by atoms with Gasteiger partial charge in [-0.3, -0.25) is 9.78 Å². The number of carbonyl (C=O) groups is 1. The molecular formula is C15H15NO. The van der Waals surface area contributed by atoms with Crippen LogP contribution < -0.4 is 0 Å². The van der Waals surface area contributed by atoms with Gasteiger partial charge in [0.1, 0.15) is 0 Å². The van der Waals surface area contributed by atoms with Crippen molar-refractivity contribution >= 4 is 5.78 Å². The van der Waals surface area contributed by atoms with Crippen molar-refractivity contribution in [2.24, 2.45) is 5.92 Å². The molecule has 0 saturated carbocycles. The van der Waals surface area contributed by atoms with Crippen LogP contribution in [0.4, 0.5) is 0 Å². The number of rotatable bonds is 3. The third-order valence-corrected chi connectivity index (χ3v) is 2.69. The van der Waals surface area contributed by atoms with Gasteiger partial charge < -0.3 is 0 Å². The highest BCUT2D eigenvalue weighted by molar-refractivity contribution is 5.97. The third-order valence-electron chi connectivity index (χ3n) is 2.69. The largest absolute Gasteiger partial charge is 0.294 e. The smallest absolute Gasteiger partial charge is 0.165 e. The van der Waals surface area contributed by atoms with Gasteiger partial charge in [-0.15, -0.1) is 0 Å². The Labute approximate surface area is 101 Å². The highest BCUT2D eigenvalue weighted by atomic mass is 16.1. The molecular weight excluding hydrogens is 210 g/mol. The maximum Gasteiger partial charge on any atom is 0.165 e. The van der Waals surface area contributed by atoms with Gasteiger partial charge in [-0.05, 0) is 17.2 Å². The number of hydrogen-bond donors (Lipinski definition) is 0. The van der Waals surface area contributed by atoms with E-state index in [9.17, 15) is 4.79 Å². The molecule has 0 amide bonds. The fourth-order valence-electron chi connectivity index (χ4n) is 1.69. The zero-order valence-corrected chi connectivity index (χ0v) is 10.1. The number of aromatic nitrogens is 1. The van der Waals surface area contributed by atoms with E-state index >= 15 is 0 Å². The lowest BCUT2D eigenvalue weighted by molar-refractivity contribution is 0.0939. The summed E-state index contributed by atoms with van der Waals surface area (Å²) in [4.78, 5) is 15.9. The summed E-state index contributed by atoms with van der Waals surface area (Å²) in [7, 11) is 0. The van der Waals surface area contributed by atoms with Gasteiger partial charge in [-0.25, -0.2) is 0 Å². The van der Waals surface area contributed by atoms with Crippen molar-refractivity contribution in [3.8, 4) is 11.1 Å². The van der Waals surface area contributed by atoms with Gasteiger partial charge in [0.2, 0.25) is 0 Å². The summed E-state index contributed by atoms with van der Waals surface area (Å²) in [5.41, 5.74) is 2.92. The number of benzene rings is 1. The highest BCUT2D eigenvalue weighted by Gasteiger charge is 2.09. The van der Waals surface area contributed by atoms with Crippen LogP contribution in [0.2, 0.25) is 0 Å². The lowest BCUT2D eigenvalue weighted by Crippen LogP contribution is -2.06. The summed E-state index contributed by atoms with van der Waals surface area (Å²) in [6.45, 7) is 3.83. The summed E-state index contributed by atoms with van der Waals surface area (Å²) in [6.07, 6.45) is 3.57. The Morgan fingerprint density at radius 1 is 1.06 bits per heavy atom. The Morgan fingerprint density at radius 3 is 2.29 bits per heavy atom. The van der Waals surface area contributed by atoms with Crippen LogP contribution in [0.25, 0.3) is 11.1 Å². The van der Waals surface area contributed by atoms with Crippen LogP contribution in [0.5, 0.6) is 0 Å². The molecule has 0 saturated heterocycles. The predicted molar refractivity (Wildman–Crippen MR) is 68.8 cm³/mol. The average Bonchev–Trinajstić information content (AvgIpc) is 2.39. The molecule has 0 fully saturated rings. The lowest BCUT2D eigenvalue weighted by atomic mass is 9.98. The Bertz CT molecular complexity index is 500. The molecule has 2 nitrogen and oxygen atoms in total. The summed E-state index contributed by atoms with van der Waals surface area (Å²) in [5, 5.41) is 0. The van der Waals surface area contributed by atoms with Gasteiger partial charge in [0.25, 0.3) is 0 Å². The minimum atomic E-state index is 0.0410. The summed E-state index contributed by atoms with van der Waals surface area (Å²) in [5.74, 6) is 0.224. The first-order chi connectivity index (χ1) is 8.18. The maximum absolute atomic E-state index is 11.8. The second kappa shape index (κ2) is 4.91. The molecule has 1 aromatic carbocycles. The number of Topliss-reactive ketones (excluding diaryl/α,β-unsaturated/α-hetero) is 1. The monoisotopic (exact) mass is 225 g/mol. The number of ketones is 1.